The van der Waals surface area contributed by atoms with Crippen molar-refractivity contribution in [2.45, 2.75) is 30.8 Å². The fourth-order valence-corrected chi connectivity index (χ4v) is 2.61. The van der Waals surface area contributed by atoms with E-state index < -0.39 is 0 Å². The lowest BCUT2D eigenvalue weighted by molar-refractivity contribution is -0.123. The first-order valence-corrected chi connectivity index (χ1v) is 6.70. The van der Waals surface area contributed by atoms with Gasteiger partial charge in [-0.25, -0.2) is 5.84 Å². The third kappa shape index (κ3) is 2.91. The molecule has 1 aliphatic carbocycles. The maximum absolute atomic E-state index is 11.9. The predicted octanol–water partition coefficient (Wildman–Crippen LogP) is 2.09. The molecule has 1 saturated carbocycles. The van der Waals surface area contributed by atoms with Gasteiger partial charge in [-0.3, -0.25) is 10.2 Å². The zero-order chi connectivity index (χ0) is 13.2. The lowest BCUT2D eigenvalue weighted by atomic mass is 9.91. The van der Waals surface area contributed by atoms with Crippen molar-refractivity contribution in [3.8, 4) is 0 Å². The number of rotatable bonds is 5. The van der Waals surface area contributed by atoms with Crippen molar-refractivity contribution in [1.82, 2.24) is 5.43 Å². The topological polar surface area (TPSA) is 64.3 Å². The Bertz CT molecular complexity index is 446. The molecule has 98 valence electrons. The van der Waals surface area contributed by atoms with E-state index in [2.05, 4.69) is 21.4 Å². The van der Waals surface area contributed by atoms with Crippen molar-refractivity contribution in [2.75, 3.05) is 7.11 Å². The summed E-state index contributed by atoms with van der Waals surface area (Å²) in [5.41, 5.74) is 3.06. The smallest absolute Gasteiger partial charge is 0.241 e. The minimum atomic E-state index is -0.269. The van der Waals surface area contributed by atoms with Crippen LogP contribution in [0.2, 0.25) is 0 Å². The Labute approximate surface area is 115 Å². The average molecular weight is 313 g/mol. The number of amides is 1. The van der Waals surface area contributed by atoms with E-state index in [0.717, 1.165) is 22.9 Å². The number of benzene rings is 1. The van der Waals surface area contributed by atoms with Crippen LogP contribution in [-0.2, 0) is 9.53 Å². The molecule has 3 N–H and O–H groups in total. The monoisotopic (exact) mass is 312 g/mol. The molecule has 1 aliphatic rings. The van der Waals surface area contributed by atoms with E-state index in [1.165, 1.54) is 0 Å². The molecule has 5 heteroatoms. The highest BCUT2D eigenvalue weighted by Gasteiger charge is 2.46. The summed E-state index contributed by atoms with van der Waals surface area (Å²) in [5.74, 6) is 4.84. The van der Waals surface area contributed by atoms with Crippen molar-refractivity contribution < 1.29 is 9.53 Å². The Balaban J connectivity index is 2.22. The summed E-state index contributed by atoms with van der Waals surface area (Å²) in [5, 5.41) is 0. The van der Waals surface area contributed by atoms with Crippen molar-refractivity contribution in [1.29, 1.82) is 0 Å². The van der Waals surface area contributed by atoms with Gasteiger partial charge < -0.3 is 4.74 Å². The number of hydrazine groups is 1. The number of nitrogens with one attached hydrogen (secondary N) is 1. The molecule has 0 bridgehead atoms. The Morgan fingerprint density at radius 3 is 2.83 bits per heavy atom. The van der Waals surface area contributed by atoms with Crippen LogP contribution in [0.3, 0.4) is 0 Å². The van der Waals surface area contributed by atoms with Gasteiger partial charge in [-0.1, -0.05) is 28.1 Å². The number of carbonyl (C=O) groups is 1. The zero-order valence-electron chi connectivity index (χ0n) is 10.3. The average Bonchev–Trinajstić information content (AvgIpc) is 3.15. The highest BCUT2D eigenvalue weighted by Crippen LogP contribution is 2.46. The summed E-state index contributed by atoms with van der Waals surface area (Å²) in [6.45, 7) is 0. The van der Waals surface area contributed by atoms with Gasteiger partial charge in [0.25, 0.3) is 0 Å². The van der Waals surface area contributed by atoms with Gasteiger partial charge in [-0.15, -0.1) is 0 Å². The summed E-state index contributed by atoms with van der Waals surface area (Å²) in [7, 11) is 1.70. The van der Waals surface area contributed by atoms with Crippen LogP contribution < -0.4 is 11.3 Å². The van der Waals surface area contributed by atoms with Crippen LogP contribution in [0.5, 0.6) is 0 Å². The zero-order valence-corrected chi connectivity index (χ0v) is 11.9. The summed E-state index contributed by atoms with van der Waals surface area (Å²) in [6, 6.07) is 7.74. The number of nitrogens with two attached hydrogens (primary N) is 1. The largest absolute Gasteiger partial charge is 0.378 e. The molecule has 1 amide bonds. The van der Waals surface area contributed by atoms with Crippen LogP contribution in [-0.4, -0.2) is 18.6 Å². The maximum atomic E-state index is 11.9. The van der Waals surface area contributed by atoms with E-state index in [9.17, 15) is 4.79 Å². The molecular weight excluding hydrogens is 296 g/mol. The van der Waals surface area contributed by atoms with Gasteiger partial charge in [0.05, 0.1) is 11.5 Å². The molecule has 1 aromatic carbocycles. The highest BCUT2D eigenvalue weighted by atomic mass is 79.9. The molecule has 2 rings (SSSR count). The summed E-state index contributed by atoms with van der Waals surface area (Å²) < 4.78 is 6.45. The fraction of sp³-hybridized carbons (Fsp3) is 0.462. The first-order chi connectivity index (χ1) is 8.60. The first-order valence-electron chi connectivity index (χ1n) is 5.91. The summed E-state index contributed by atoms with van der Waals surface area (Å²) >= 11 is 3.42. The normalized spacial score (nSPS) is 18.2. The Morgan fingerprint density at radius 2 is 2.33 bits per heavy atom. The van der Waals surface area contributed by atoms with Crippen molar-refractivity contribution in [3.05, 3.63) is 34.3 Å². The Hall–Kier alpha value is -0.910. The number of methoxy groups -OCH3 is 1. The van der Waals surface area contributed by atoms with Gasteiger partial charge in [-0.2, -0.15) is 0 Å². The van der Waals surface area contributed by atoms with Crippen LogP contribution in [0.25, 0.3) is 0 Å². The molecule has 1 fully saturated rings. The minimum absolute atomic E-state index is 0.139. The highest BCUT2D eigenvalue weighted by molar-refractivity contribution is 9.10. The van der Waals surface area contributed by atoms with Gasteiger partial charge in [-0.05, 0) is 37.0 Å². The minimum Gasteiger partial charge on any atom is -0.378 e. The molecule has 1 aromatic rings. The molecule has 18 heavy (non-hydrogen) atoms. The van der Waals surface area contributed by atoms with E-state index in [1.807, 2.05) is 24.3 Å². The molecule has 1 unspecified atom stereocenters. The molecule has 4 nitrogen and oxygen atoms in total. The van der Waals surface area contributed by atoms with Crippen molar-refractivity contribution >= 4 is 21.8 Å². The number of hydrogen-bond acceptors (Lipinski definition) is 3. The van der Waals surface area contributed by atoms with Gasteiger partial charge in [0, 0.05) is 11.6 Å². The van der Waals surface area contributed by atoms with Crippen molar-refractivity contribution in [3.63, 3.8) is 0 Å². The number of ether oxygens (including phenoxy) is 1. The van der Waals surface area contributed by atoms with E-state index in [4.69, 9.17) is 10.6 Å². The van der Waals surface area contributed by atoms with Gasteiger partial charge in [0.2, 0.25) is 5.91 Å². The summed E-state index contributed by atoms with van der Waals surface area (Å²) in [6.07, 6.45) is 2.68. The van der Waals surface area contributed by atoms with Crippen LogP contribution >= 0.6 is 15.9 Å². The SMILES string of the molecule is COC1(CC(C(=O)NN)c2cccc(Br)c2)CC1. The van der Waals surface area contributed by atoms with Crippen LogP contribution in [0, 0.1) is 0 Å². The van der Waals surface area contributed by atoms with E-state index >= 15 is 0 Å². The molecule has 0 saturated heterocycles. The molecule has 0 spiro atoms. The predicted molar refractivity (Wildman–Crippen MR) is 72.8 cm³/mol. The molecule has 0 aliphatic heterocycles. The van der Waals surface area contributed by atoms with E-state index in [-0.39, 0.29) is 17.4 Å². The lowest BCUT2D eigenvalue weighted by Crippen LogP contribution is -2.36. The lowest BCUT2D eigenvalue weighted by Gasteiger charge is -2.21. The molecule has 0 radical (unpaired) electrons. The third-order valence-corrected chi connectivity index (χ3v) is 4.02. The van der Waals surface area contributed by atoms with Crippen LogP contribution in [0.1, 0.15) is 30.7 Å². The van der Waals surface area contributed by atoms with Gasteiger partial charge >= 0.3 is 0 Å². The Kier molecular flexibility index (Phi) is 4.04. The second-order valence-electron chi connectivity index (χ2n) is 4.71. The van der Waals surface area contributed by atoms with E-state index in [0.29, 0.717) is 6.42 Å². The third-order valence-electron chi connectivity index (χ3n) is 3.53. The van der Waals surface area contributed by atoms with Crippen molar-refractivity contribution in [2.24, 2.45) is 5.84 Å². The fourth-order valence-electron chi connectivity index (χ4n) is 2.19. The second-order valence-corrected chi connectivity index (χ2v) is 5.62. The van der Waals surface area contributed by atoms with Gasteiger partial charge in [0.15, 0.2) is 0 Å². The maximum Gasteiger partial charge on any atom is 0.241 e. The first kappa shape index (κ1) is 13.5. The number of carbonyl (C=O) groups excluding carboxylic acids is 1. The molecule has 0 heterocycles. The molecular formula is C13H17BrN2O2. The number of hydrogen-bond donors (Lipinski definition) is 2. The van der Waals surface area contributed by atoms with Gasteiger partial charge in [0.1, 0.15) is 0 Å². The van der Waals surface area contributed by atoms with Crippen LogP contribution in [0.15, 0.2) is 28.7 Å². The molecule has 1 atom stereocenters. The number of halogens is 1. The van der Waals surface area contributed by atoms with E-state index in [1.54, 1.807) is 7.11 Å². The quantitative estimate of drug-likeness (QED) is 0.497. The molecule has 0 aromatic heterocycles. The Morgan fingerprint density at radius 1 is 1.61 bits per heavy atom. The van der Waals surface area contributed by atoms with Crippen LogP contribution in [0.4, 0.5) is 0 Å². The second kappa shape index (κ2) is 5.38. The summed E-state index contributed by atoms with van der Waals surface area (Å²) in [4.78, 5) is 11.9. The standard InChI is InChI=1S/C13H17BrN2O2/c1-18-13(5-6-13)8-11(12(17)16-15)9-3-2-4-10(14)7-9/h2-4,7,11H,5-6,8,15H2,1H3,(H,16,17).